The fourth-order valence-electron chi connectivity index (χ4n) is 4.39. The van der Waals surface area contributed by atoms with Crippen molar-refractivity contribution in [1.29, 1.82) is 0 Å². The van der Waals surface area contributed by atoms with Crippen molar-refractivity contribution in [2.75, 3.05) is 13.1 Å². The van der Waals surface area contributed by atoms with Crippen LogP contribution in [-0.2, 0) is 22.7 Å². The SMILES string of the molecule is CC(C)(C)[S+]([O-])N=C1C[C@@H](C2CCN(C(=O)OCc3ccccc3)CC2)Oc2cc(OC(F)(F)F)ccc21. The lowest BCUT2D eigenvalue weighted by Crippen LogP contribution is -2.44. The number of nitrogens with zero attached hydrogens (tertiary/aromatic N) is 2. The van der Waals surface area contributed by atoms with Crippen LogP contribution in [0.2, 0.25) is 0 Å². The number of hydrogen-bond donors (Lipinski definition) is 0. The third-order valence-electron chi connectivity index (χ3n) is 6.42. The molecule has 2 aromatic rings. The minimum Gasteiger partial charge on any atom is -0.591 e. The van der Waals surface area contributed by atoms with Crippen molar-refractivity contribution < 1.29 is 36.7 Å². The molecule has 1 saturated heterocycles. The average molecular weight is 553 g/mol. The molecule has 0 radical (unpaired) electrons. The van der Waals surface area contributed by atoms with Crippen LogP contribution in [-0.4, -0.2) is 51.6 Å². The van der Waals surface area contributed by atoms with Gasteiger partial charge >= 0.3 is 12.5 Å². The van der Waals surface area contributed by atoms with Crippen LogP contribution in [0.15, 0.2) is 52.9 Å². The zero-order valence-corrected chi connectivity index (χ0v) is 22.3. The normalized spacial score (nSPS) is 20.4. The average Bonchev–Trinajstić information content (AvgIpc) is 2.86. The van der Waals surface area contributed by atoms with E-state index >= 15 is 0 Å². The first-order valence-corrected chi connectivity index (χ1v) is 13.5. The maximum Gasteiger partial charge on any atom is 0.573 e. The topological polar surface area (TPSA) is 83.4 Å². The molecule has 0 N–H and O–H groups in total. The predicted octanol–water partition coefficient (Wildman–Crippen LogP) is 6.04. The molecule has 1 fully saturated rings. The van der Waals surface area contributed by atoms with E-state index < -0.39 is 34.3 Å². The molecule has 0 bridgehead atoms. The third-order valence-corrected chi connectivity index (χ3v) is 7.85. The van der Waals surface area contributed by atoms with Crippen LogP contribution in [0.5, 0.6) is 11.5 Å². The number of alkyl halides is 3. The van der Waals surface area contributed by atoms with Gasteiger partial charge in [-0.05, 0) is 57.2 Å². The van der Waals surface area contributed by atoms with Crippen molar-refractivity contribution in [2.24, 2.45) is 10.3 Å². The van der Waals surface area contributed by atoms with Gasteiger partial charge in [-0.1, -0.05) is 34.7 Å². The highest BCUT2D eigenvalue weighted by Gasteiger charge is 2.38. The molecule has 0 aromatic heterocycles. The number of fused-ring (bicyclic) bond motifs is 1. The second kappa shape index (κ2) is 11.4. The smallest absolute Gasteiger partial charge is 0.573 e. The van der Waals surface area contributed by atoms with Crippen LogP contribution in [0.3, 0.4) is 0 Å². The highest BCUT2D eigenvalue weighted by Crippen LogP contribution is 2.38. The van der Waals surface area contributed by atoms with Gasteiger partial charge in [0.25, 0.3) is 0 Å². The Balaban J connectivity index is 1.46. The number of halogens is 3. The van der Waals surface area contributed by atoms with Gasteiger partial charge < -0.3 is 23.7 Å². The summed E-state index contributed by atoms with van der Waals surface area (Å²) < 4.78 is 70.8. The van der Waals surface area contributed by atoms with Crippen molar-refractivity contribution in [3.8, 4) is 11.5 Å². The molecule has 2 aromatic carbocycles. The molecule has 11 heteroatoms. The maximum absolute atomic E-state index is 12.8. The van der Waals surface area contributed by atoms with Gasteiger partial charge in [0.05, 0.1) is 0 Å². The van der Waals surface area contributed by atoms with Crippen molar-refractivity contribution in [1.82, 2.24) is 4.90 Å². The number of hydrogen-bond acceptors (Lipinski definition) is 6. The molecule has 1 amide bonds. The van der Waals surface area contributed by atoms with Crippen LogP contribution in [0.4, 0.5) is 18.0 Å². The first-order chi connectivity index (χ1) is 17.9. The lowest BCUT2D eigenvalue weighted by atomic mass is 9.85. The van der Waals surface area contributed by atoms with Crippen LogP contribution < -0.4 is 9.47 Å². The molecule has 1 unspecified atom stereocenters. The number of carbonyl (C=O) groups is 1. The van der Waals surface area contributed by atoms with Crippen molar-refractivity contribution in [3.05, 3.63) is 59.7 Å². The molecule has 0 saturated carbocycles. The van der Waals surface area contributed by atoms with Gasteiger partial charge in [0.15, 0.2) is 0 Å². The van der Waals surface area contributed by atoms with Crippen molar-refractivity contribution >= 4 is 23.2 Å². The van der Waals surface area contributed by atoms with E-state index in [-0.39, 0.29) is 24.4 Å². The molecule has 0 aliphatic carbocycles. The molecule has 38 heavy (non-hydrogen) atoms. The molecule has 0 spiro atoms. The first-order valence-electron chi connectivity index (χ1n) is 12.4. The van der Waals surface area contributed by atoms with Gasteiger partial charge in [-0.25, -0.2) is 4.79 Å². The Morgan fingerprint density at radius 3 is 2.45 bits per heavy atom. The quantitative estimate of drug-likeness (QED) is 0.423. The Hall–Kier alpha value is -2.92. The largest absolute Gasteiger partial charge is 0.591 e. The zero-order valence-electron chi connectivity index (χ0n) is 21.5. The summed E-state index contributed by atoms with van der Waals surface area (Å²) in [5.41, 5.74) is 1.92. The second-order valence-corrected chi connectivity index (χ2v) is 12.2. The lowest BCUT2D eigenvalue weighted by Gasteiger charge is -2.38. The molecule has 2 atom stereocenters. The summed E-state index contributed by atoms with van der Waals surface area (Å²) in [7, 11) is 0. The van der Waals surface area contributed by atoms with Crippen LogP contribution in [0.25, 0.3) is 0 Å². The Labute approximate surface area is 223 Å². The van der Waals surface area contributed by atoms with Crippen molar-refractivity contribution in [3.63, 3.8) is 0 Å². The molecule has 2 heterocycles. The Morgan fingerprint density at radius 1 is 1.13 bits per heavy atom. The number of benzene rings is 2. The van der Waals surface area contributed by atoms with Gasteiger partial charge in [0.1, 0.15) is 46.0 Å². The first kappa shape index (κ1) is 28.1. The third kappa shape index (κ3) is 7.35. The van der Waals surface area contributed by atoms with E-state index in [9.17, 15) is 22.5 Å². The van der Waals surface area contributed by atoms with E-state index in [1.165, 1.54) is 18.2 Å². The number of likely N-dealkylation sites (tertiary alicyclic amines) is 1. The number of amides is 1. The molecular formula is C27H31F3N2O5S. The zero-order chi connectivity index (χ0) is 27.5. The minimum absolute atomic E-state index is 0.0155. The standard InChI is InChI=1S/C27H31F3N2O5S/c1-26(2,3)38(34)31-22-16-23(36-24-15-20(9-10-21(22)24)37-27(28,29)30)19-11-13-32(14-12-19)25(33)35-17-18-7-5-4-6-8-18/h4-10,15,19,23H,11-14,16-17H2,1-3H3/t23-,38?/m0/s1. The number of piperidine rings is 1. The molecule has 4 rings (SSSR count). The number of ether oxygens (including phenoxy) is 3. The van der Waals surface area contributed by atoms with Crippen molar-refractivity contribution in [2.45, 2.75) is 63.9 Å². The van der Waals surface area contributed by atoms with E-state index in [4.69, 9.17) is 9.47 Å². The Kier molecular flexibility index (Phi) is 8.46. The summed E-state index contributed by atoms with van der Waals surface area (Å²) in [5.74, 6) is -0.177. The molecule has 2 aliphatic rings. The van der Waals surface area contributed by atoms with E-state index in [0.717, 1.165) is 5.56 Å². The van der Waals surface area contributed by atoms with Gasteiger partial charge in [-0.2, -0.15) is 0 Å². The van der Waals surface area contributed by atoms with Crippen LogP contribution in [0, 0.1) is 5.92 Å². The summed E-state index contributed by atoms with van der Waals surface area (Å²) >= 11 is -1.56. The van der Waals surface area contributed by atoms with E-state index in [2.05, 4.69) is 9.13 Å². The summed E-state index contributed by atoms with van der Waals surface area (Å²) in [5, 5.41) is 0. The summed E-state index contributed by atoms with van der Waals surface area (Å²) in [6, 6.07) is 13.3. The Morgan fingerprint density at radius 2 is 1.82 bits per heavy atom. The maximum atomic E-state index is 12.8. The number of carbonyl (C=O) groups excluding carboxylic acids is 1. The van der Waals surface area contributed by atoms with Crippen LogP contribution in [0.1, 0.15) is 51.2 Å². The lowest BCUT2D eigenvalue weighted by molar-refractivity contribution is -0.274. The van der Waals surface area contributed by atoms with Crippen LogP contribution >= 0.6 is 0 Å². The van der Waals surface area contributed by atoms with E-state index in [0.29, 0.717) is 43.6 Å². The fourth-order valence-corrected chi connectivity index (χ4v) is 5.04. The predicted molar refractivity (Wildman–Crippen MR) is 138 cm³/mol. The van der Waals surface area contributed by atoms with Gasteiger partial charge in [-0.15, -0.1) is 13.2 Å². The van der Waals surface area contributed by atoms with E-state index in [1.54, 1.807) is 25.7 Å². The highest BCUT2D eigenvalue weighted by atomic mass is 32.2. The molecule has 206 valence electrons. The molecule has 7 nitrogen and oxygen atoms in total. The Bertz CT molecular complexity index is 1150. The summed E-state index contributed by atoms with van der Waals surface area (Å²) in [4.78, 5) is 14.2. The second-order valence-electron chi connectivity index (χ2n) is 10.3. The fraction of sp³-hybridized carbons (Fsp3) is 0.481. The van der Waals surface area contributed by atoms with Gasteiger partial charge in [-0.3, -0.25) is 0 Å². The highest BCUT2D eigenvalue weighted by molar-refractivity contribution is 7.91. The molecular weight excluding hydrogens is 521 g/mol. The summed E-state index contributed by atoms with van der Waals surface area (Å²) in [6.45, 7) is 6.52. The van der Waals surface area contributed by atoms with Gasteiger partial charge in [0, 0.05) is 31.1 Å². The minimum atomic E-state index is -4.84. The molecule has 2 aliphatic heterocycles. The van der Waals surface area contributed by atoms with E-state index in [1.807, 2.05) is 30.3 Å². The monoisotopic (exact) mass is 552 g/mol. The number of rotatable bonds is 5. The summed E-state index contributed by atoms with van der Waals surface area (Å²) in [6.07, 6.45) is -4.03. The van der Waals surface area contributed by atoms with Gasteiger partial charge in [0.2, 0.25) is 0 Å².